The maximum atomic E-state index is 13.6. The zero-order chi connectivity index (χ0) is 20.7. The second-order valence-electron chi connectivity index (χ2n) is 8.04. The van der Waals surface area contributed by atoms with Crippen LogP contribution in [-0.2, 0) is 10.5 Å². The van der Waals surface area contributed by atoms with Crippen molar-refractivity contribution in [1.82, 2.24) is 4.90 Å². The van der Waals surface area contributed by atoms with E-state index in [1.807, 2.05) is 35.2 Å². The predicted octanol–water partition coefficient (Wildman–Crippen LogP) is 3.02. The van der Waals surface area contributed by atoms with Gasteiger partial charge >= 0.3 is 0 Å². The summed E-state index contributed by atoms with van der Waals surface area (Å²) in [6.45, 7) is 1.21. The van der Waals surface area contributed by atoms with Crippen LogP contribution in [0.25, 0.3) is 0 Å². The largest absolute Gasteiger partial charge is 0.346 e. The number of aliphatic hydroxyl groups is 1. The van der Waals surface area contributed by atoms with Gasteiger partial charge in [-0.3, -0.25) is 9.37 Å². The van der Waals surface area contributed by atoms with Crippen LogP contribution in [0.3, 0.4) is 0 Å². The van der Waals surface area contributed by atoms with Crippen molar-refractivity contribution in [2.75, 3.05) is 18.1 Å². The lowest BCUT2D eigenvalue weighted by Gasteiger charge is -2.28. The molecule has 3 heterocycles. The Labute approximate surface area is 174 Å². The number of nitrogens with zero attached hydrogens (tertiary/aromatic N) is 4. The van der Waals surface area contributed by atoms with E-state index in [1.54, 1.807) is 12.1 Å². The molecule has 1 atom stereocenters. The molecule has 2 aromatic rings. The van der Waals surface area contributed by atoms with E-state index in [4.69, 9.17) is 0 Å². The third kappa shape index (κ3) is 3.10. The second kappa shape index (κ2) is 7.32. The number of hydrogen-bond donors (Lipinski definition) is 1. The number of halogens is 1. The Kier molecular flexibility index (Phi) is 4.62. The van der Waals surface area contributed by atoms with Crippen LogP contribution in [0.5, 0.6) is 0 Å². The summed E-state index contributed by atoms with van der Waals surface area (Å²) in [6.07, 6.45) is 4.12. The lowest BCUT2D eigenvalue weighted by molar-refractivity contribution is -0.534. The molecule has 0 radical (unpaired) electrons. The molecule has 1 N–H and O–H groups in total. The van der Waals surface area contributed by atoms with E-state index >= 15 is 0 Å². The van der Waals surface area contributed by atoms with Crippen LogP contribution < -0.4 is 5.01 Å². The van der Waals surface area contributed by atoms with Gasteiger partial charge in [-0.25, -0.2) is 4.39 Å². The van der Waals surface area contributed by atoms with Crippen LogP contribution in [0.1, 0.15) is 37.7 Å². The van der Waals surface area contributed by atoms with E-state index in [0.29, 0.717) is 23.6 Å². The van der Waals surface area contributed by atoms with E-state index in [0.717, 1.165) is 38.1 Å². The van der Waals surface area contributed by atoms with Gasteiger partial charge in [0, 0.05) is 12.0 Å². The van der Waals surface area contributed by atoms with Gasteiger partial charge in [0.25, 0.3) is 17.5 Å². The van der Waals surface area contributed by atoms with Crippen LogP contribution in [0, 0.1) is 5.82 Å². The summed E-state index contributed by atoms with van der Waals surface area (Å²) in [7, 11) is 0. The van der Waals surface area contributed by atoms with Gasteiger partial charge < -0.3 is 5.11 Å². The number of hydrazone groups is 1. The molecule has 0 bridgehead atoms. The molecule has 30 heavy (non-hydrogen) atoms. The molecule has 0 aromatic heterocycles. The maximum absolute atomic E-state index is 13.6. The van der Waals surface area contributed by atoms with Crippen molar-refractivity contribution < 1.29 is 18.9 Å². The number of amidine groups is 2. The van der Waals surface area contributed by atoms with Gasteiger partial charge in [-0.1, -0.05) is 18.2 Å². The van der Waals surface area contributed by atoms with Crippen LogP contribution in [0.2, 0.25) is 0 Å². The quantitative estimate of drug-likeness (QED) is 0.779. The lowest BCUT2D eigenvalue weighted by Crippen LogP contribution is -2.50. The molecule has 1 amide bonds. The van der Waals surface area contributed by atoms with Gasteiger partial charge in [0.15, 0.2) is 6.54 Å². The first-order valence-corrected chi connectivity index (χ1v) is 10.4. The number of para-hydroxylation sites is 1. The molecule has 0 aliphatic carbocycles. The summed E-state index contributed by atoms with van der Waals surface area (Å²) in [5.41, 5.74) is -0.103. The van der Waals surface area contributed by atoms with Crippen molar-refractivity contribution in [1.29, 1.82) is 0 Å². The molecule has 1 unspecified atom stereocenters. The summed E-state index contributed by atoms with van der Waals surface area (Å²) in [4.78, 5) is 14.6. The summed E-state index contributed by atoms with van der Waals surface area (Å²) in [5.74, 6) is 1.03. The van der Waals surface area contributed by atoms with E-state index in [-0.39, 0.29) is 18.1 Å². The topological polar surface area (TPSA) is 59.1 Å². The number of anilines is 1. The molecule has 0 saturated carbocycles. The van der Waals surface area contributed by atoms with Crippen LogP contribution in [0.4, 0.5) is 10.1 Å². The van der Waals surface area contributed by atoms with Crippen LogP contribution >= 0.6 is 0 Å². The zero-order valence-corrected chi connectivity index (χ0v) is 16.7. The molecular weight excluding hydrogens is 383 g/mol. The van der Waals surface area contributed by atoms with Crippen LogP contribution in [-0.4, -0.2) is 45.2 Å². The summed E-state index contributed by atoms with van der Waals surface area (Å²) in [6, 6.07) is 15.2. The fourth-order valence-corrected chi connectivity index (χ4v) is 4.63. The molecule has 154 valence electrons. The first-order valence-electron chi connectivity index (χ1n) is 10.4. The fourth-order valence-electron chi connectivity index (χ4n) is 4.63. The summed E-state index contributed by atoms with van der Waals surface area (Å²) < 4.78 is 15.7. The lowest BCUT2D eigenvalue weighted by atomic mass is 10.00. The highest BCUT2D eigenvalue weighted by Gasteiger charge is 2.57. The van der Waals surface area contributed by atoms with Gasteiger partial charge in [0.2, 0.25) is 5.84 Å². The number of hydrogen-bond acceptors (Lipinski definition) is 4. The van der Waals surface area contributed by atoms with E-state index < -0.39 is 5.72 Å². The van der Waals surface area contributed by atoms with Crippen LogP contribution in [0.15, 0.2) is 59.7 Å². The standard InChI is InChI=1S/C23H24FN4O2/c24-18-12-10-17(11-13-18)23(30)16-26-14-6-2-5-9-21(26)27(23)20-15-22(29)28(25-20)19-7-3-1-4-8-19/h1,3-4,7-8,10-13,30H,2,5-6,9,14-16H2/q+1. The number of carbonyl (C=O) groups excluding carboxylic acids is 1. The minimum Gasteiger partial charge on any atom is -0.346 e. The first-order chi connectivity index (χ1) is 14.6. The fraction of sp³-hybridized carbons (Fsp3) is 0.348. The van der Waals surface area contributed by atoms with Gasteiger partial charge in [-0.2, -0.15) is 9.91 Å². The average Bonchev–Trinajstić information content (AvgIpc) is 3.17. The minimum atomic E-state index is -1.40. The smallest absolute Gasteiger partial charge is 0.276 e. The Morgan fingerprint density at radius 2 is 1.80 bits per heavy atom. The SMILES string of the molecule is O=C1CC(N2C3=[N+](CCCCC3)CC2(O)c2ccc(F)cc2)=NN1c1ccccc1. The second-order valence-corrected chi connectivity index (χ2v) is 8.04. The van der Waals surface area contributed by atoms with Gasteiger partial charge in [-0.05, 0) is 55.7 Å². The Hall–Kier alpha value is -3.06. The normalized spacial score (nSPS) is 24.2. The Balaban J connectivity index is 1.59. The highest BCUT2D eigenvalue weighted by atomic mass is 19.1. The van der Waals surface area contributed by atoms with Crippen molar-refractivity contribution in [3.05, 3.63) is 66.0 Å². The van der Waals surface area contributed by atoms with E-state index in [2.05, 4.69) is 9.68 Å². The Bertz CT molecular complexity index is 1030. The highest BCUT2D eigenvalue weighted by molar-refractivity contribution is 6.16. The summed E-state index contributed by atoms with van der Waals surface area (Å²) in [5, 5.41) is 17.9. The predicted molar refractivity (Wildman–Crippen MR) is 112 cm³/mol. The van der Waals surface area contributed by atoms with Crippen molar-refractivity contribution in [2.24, 2.45) is 5.10 Å². The van der Waals surface area contributed by atoms with Crippen molar-refractivity contribution in [2.45, 2.75) is 37.8 Å². The number of benzene rings is 2. The number of carbonyl (C=O) groups is 1. The molecule has 0 fully saturated rings. The first kappa shape index (κ1) is 18.9. The summed E-state index contributed by atoms with van der Waals surface area (Å²) >= 11 is 0. The molecule has 0 saturated heterocycles. The molecule has 3 aliphatic rings. The maximum Gasteiger partial charge on any atom is 0.276 e. The number of rotatable bonds is 2. The third-order valence-corrected chi connectivity index (χ3v) is 6.06. The van der Waals surface area contributed by atoms with Crippen molar-refractivity contribution >= 4 is 23.3 Å². The molecule has 6 nitrogen and oxygen atoms in total. The van der Waals surface area contributed by atoms with Gasteiger partial charge in [0.05, 0.1) is 12.2 Å². The number of amides is 1. The van der Waals surface area contributed by atoms with Crippen molar-refractivity contribution in [3.63, 3.8) is 0 Å². The zero-order valence-electron chi connectivity index (χ0n) is 16.7. The molecule has 7 heteroatoms. The molecule has 5 rings (SSSR count). The Morgan fingerprint density at radius 1 is 1.03 bits per heavy atom. The van der Waals surface area contributed by atoms with E-state index in [1.165, 1.54) is 17.1 Å². The van der Waals surface area contributed by atoms with Crippen molar-refractivity contribution in [3.8, 4) is 0 Å². The minimum absolute atomic E-state index is 0.107. The van der Waals surface area contributed by atoms with Gasteiger partial charge in [-0.15, -0.1) is 5.10 Å². The highest BCUT2D eigenvalue weighted by Crippen LogP contribution is 2.36. The molecule has 2 aromatic carbocycles. The molecule has 3 aliphatic heterocycles. The average molecular weight is 407 g/mol. The molecule has 0 spiro atoms. The van der Waals surface area contributed by atoms with E-state index in [9.17, 15) is 14.3 Å². The molecular formula is C23H24FN4O2+. The Morgan fingerprint density at radius 3 is 2.57 bits per heavy atom. The monoisotopic (exact) mass is 407 g/mol. The van der Waals surface area contributed by atoms with Gasteiger partial charge in [0.1, 0.15) is 12.2 Å². The third-order valence-electron chi connectivity index (χ3n) is 6.06.